The molecule has 0 aliphatic carbocycles. The topological polar surface area (TPSA) is 106 Å². The van der Waals surface area contributed by atoms with Gasteiger partial charge in [0.15, 0.2) is 23.0 Å². The molecule has 0 bridgehead atoms. The minimum atomic E-state index is -0.642. The van der Waals surface area contributed by atoms with Crippen molar-refractivity contribution in [2.24, 2.45) is 0 Å². The summed E-state index contributed by atoms with van der Waals surface area (Å²) >= 11 is 23.7. The zero-order valence-electron chi connectivity index (χ0n) is 23.3. The van der Waals surface area contributed by atoms with Crippen molar-refractivity contribution >= 4 is 52.2 Å². The van der Waals surface area contributed by atoms with Crippen LogP contribution < -0.4 is 23.7 Å². The molecule has 0 saturated carbocycles. The van der Waals surface area contributed by atoms with Crippen LogP contribution in [-0.2, 0) is 0 Å². The molecule has 3 aromatic rings. The quantitative estimate of drug-likeness (QED) is 0.0612. The van der Waals surface area contributed by atoms with Crippen LogP contribution in [0.3, 0.4) is 0 Å². The van der Waals surface area contributed by atoms with Crippen molar-refractivity contribution in [2.75, 3.05) is 40.6 Å². The normalized spacial score (nSPS) is 11.3. The molecule has 0 aliphatic rings. The van der Waals surface area contributed by atoms with Gasteiger partial charge in [0, 0.05) is 35.5 Å². The highest BCUT2D eigenvalue weighted by atomic mass is 35.5. The lowest BCUT2D eigenvalue weighted by atomic mass is 9.91. The third-order valence-corrected chi connectivity index (χ3v) is 6.99. The number of benzene rings is 3. The van der Waals surface area contributed by atoms with Crippen molar-refractivity contribution in [3.05, 3.63) is 96.5 Å². The number of halogens is 4. The first kappa shape index (κ1) is 34.1. The van der Waals surface area contributed by atoms with Gasteiger partial charge in [-0.1, -0.05) is 52.5 Å². The smallest absolute Gasteiger partial charge is 0.211 e. The number of methoxy groups -OCH3 is 2. The van der Waals surface area contributed by atoms with E-state index in [0.717, 1.165) is 0 Å². The van der Waals surface area contributed by atoms with E-state index in [1.54, 1.807) is 54.6 Å². The first-order valence-corrected chi connectivity index (χ1v) is 14.5. The van der Waals surface area contributed by atoms with Crippen molar-refractivity contribution in [2.45, 2.75) is 18.8 Å². The maximum atomic E-state index is 13.0. The molecule has 0 aromatic heterocycles. The van der Waals surface area contributed by atoms with Crippen LogP contribution in [0.1, 0.15) is 34.7 Å². The van der Waals surface area contributed by atoms with Gasteiger partial charge >= 0.3 is 0 Å². The number of carbonyl (C=O) groups is 1. The summed E-state index contributed by atoms with van der Waals surface area (Å²) in [6, 6.07) is 14.8. The molecule has 1 unspecified atom stereocenters. The number of nitrogens with zero attached hydrogens (tertiary/aromatic N) is 1. The van der Waals surface area contributed by atoms with Gasteiger partial charge in [-0.05, 0) is 48.0 Å². The maximum absolute atomic E-state index is 13.0. The number of hydrogen-bond acceptors (Lipinski definition) is 8. The second-order valence-electron chi connectivity index (χ2n) is 9.05. The molecular formula is C30H29Cl4NO8. The fraction of sp³-hybridized carbons (Fsp3) is 0.300. The van der Waals surface area contributed by atoms with Crippen molar-refractivity contribution in [1.82, 2.24) is 0 Å². The standard InChI is InChI=1S/C30H29Cl4NO8/c1-39-27-9-6-20(15-28(27)40-2)21(18-35(37)38)14-26(36)19-4-7-22(8-5-19)41-11-3-12-43-30-24(31)16-23(17-25(30)32)42-13-10-29(33)34/h4-10,15-17,21H,3,11-14,18H2,1-2H3. The monoisotopic (exact) mass is 671 g/mol. The zero-order chi connectivity index (χ0) is 31.4. The van der Waals surface area contributed by atoms with Gasteiger partial charge in [0.25, 0.3) is 0 Å². The summed E-state index contributed by atoms with van der Waals surface area (Å²) in [7, 11) is 2.98. The molecule has 9 nitrogen and oxygen atoms in total. The minimum Gasteiger partial charge on any atom is -0.493 e. The summed E-state index contributed by atoms with van der Waals surface area (Å²) in [5, 5.41) is 11.9. The Morgan fingerprint density at radius 3 is 2.14 bits per heavy atom. The van der Waals surface area contributed by atoms with Gasteiger partial charge in [0.05, 0.1) is 43.4 Å². The predicted octanol–water partition coefficient (Wildman–Crippen LogP) is 8.19. The van der Waals surface area contributed by atoms with Crippen LogP contribution >= 0.6 is 46.4 Å². The third kappa shape index (κ3) is 10.7. The van der Waals surface area contributed by atoms with E-state index in [9.17, 15) is 14.9 Å². The van der Waals surface area contributed by atoms with Gasteiger partial charge in [-0.25, -0.2) is 0 Å². The average molecular weight is 673 g/mol. The molecule has 0 heterocycles. The molecule has 0 saturated heterocycles. The Hall–Kier alpha value is -3.37. The van der Waals surface area contributed by atoms with Crippen LogP contribution in [-0.4, -0.2) is 51.3 Å². The van der Waals surface area contributed by atoms with E-state index in [2.05, 4.69) is 0 Å². The SMILES string of the molecule is COc1ccc(C(CC(=O)c2ccc(OCCCOc3c(Cl)cc(OCC=C(Cl)Cl)cc3Cl)cc2)C[N+](=O)[O-])cc1OC. The molecule has 0 N–H and O–H groups in total. The highest BCUT2D eigenvalue weighted by molar-refractivity contribution is 6.55. The number of ketones is 1. The van der Waals surface area contributed by atoms with Crippen molar-refractivity contribution in [3.8, 4) is 28.7 Å². The van der Waals surface area contributed by atoms with E-state index in [0.29, 0.717) is 52.9 Å². The largest absolute Gasteiger partial charge is 0.493 e. The fourth-order valence-corrected chi connectivity index (χ4v) is 4.74. The molecule has 0 fully saturated rings. The number of Topliss-reactive ketones (excluding diaryl/α,β-unsaturated/α-hetero) is 1. The van der Waals surface area contributed by atoms with Crippen molar-refractivity contribution in [1.29, 1.82) is 0 Å². The lowest BCUT2D eigenvalue weighted by molar-refractivity contribution is -0.483. The number of nitro groups is 1. The lowest BCUT2D eigenvalue weighted by Crippen LogP contribution is -2.17. The van der Waals surface area contributed by atoms with Gasteiger partial charge in [-0.3, -0.25) is 14.9 Å². The molecule has 43 heavy (non-hydrogen) atoms. The second kappa shape index (κ2) is 17.1. The van der Waals surface area contributed by atoms with Crippen molar-refractivity contribution in [3.63, 3.8) is 0 Å². The molecule has 3 aromatic carbocycles. The van der Waals surface area contributed by atoms with E-state index in [1.165, 1.54) is 20.3 Å². The van der Waals surface area contributed by atoms with Gasteiger partial charge < -0.3 is 23.7 Å². The van der Waals surface area contributed by atoms with Gasteiger partial charge in [-0.15, -0.1) is 0 Å². The van der Waals surface area contributed by atoms with Crippen LogP contribution in [0.15, 0.2) is 65.2 Å². The Morgan fingerprint density at radius 1 is 0.884 bits per heavy atom. The highest BCUT2D eigenvalue weighted by Gasteiger charge is 2.24. The zero-order valence-corrected chi connectivity index (χ0v) is 26.3. The third-order valence-electron chi connectivity index (χ3n) is 6.12. The molecule has 1 atom stereocenters. The molecule has 0 radical (unpaired) electrons. The number of carbonyl (C=O) groups excluding carboxylic acids is 1. The van der Waals surface area contributed by atoms with Crippen LogP contribution in [0.2, 0.25) is 10.0 Å². The minimum absolute atomic E-state index is 0.0505. The molecule has 13 heteroatoms. The van der Waals surface area contributed by atoms with Crippen LogP contribution in [0.5, 0.6) is 28.7 Å². The Labute approximate surface area is 269 Å². The molecule has 0 spiro atoms. The Balaban J connectivity index is 1.51. The van der Waals surface area contributed by atoms with Gasteiger partial charge in [-0.2, -0.15) is 0 Å². The van der Waals surface area contributed by atoms with Gasteiger partial charge in [0.1, 0.15) is 22.6 Å². The van der Waals surface area contributed by atoms with E-state index >= 15 is 0 Å². The molecule has 0 amide bonds. The Kier molecular flexibility index (Phi) is 13.5. The second-order valence-corrected chi connectivity index (χ2v) is 10.9. The number of hydrogen-bond donors (Lipinski definition) is 0. The summed E-state index contributed by atoms with van der Waals surface area (Å²) in [5.74, 6) is 1.38. The summed E-state index contributed by atoms with van der Waals surface area (Å²) < 4.78 is 27.6. The van der Waals surface area contributed by atoms with Crippen LogP contribution in [0.4, 0.5) is 0 Å². The average Bonchev–Trinajstić information content (AvgIpc) is 2.97. The first-order chi connectivity index (χ1) is 20.6. The first-order valence-electron chi connectivity index (χ1n) is 13.0. The maximum Gasteiger partial charge on any atom is 0.211 e. The lowest BCUT2D eigenvalue weighted by Gasteiger charge is -2.15. The van der Waals surface area contributed by atoms with E-state index in [4.69, 9.17) is 70.1 Å². The number of ether oxygens (including phenoxy) is 5. The van der Waals surface area contributed by atoms with Crippen molar-refractivity contribution < 1.29 is 33.4 Å². The summed E-state index contributed by atoms with van der Waals surface area (Å²) in [5.41, 5.74) is 1.03. The Bertz CT molecular complexity index is 1410. The Morgan fingerprint density at radius 2 is 1.53 bits per heavy atom. The van der Waals surface area contributed by atoms with Crippen LogP contribution in [0, 0.1) is 10.1 Å². The summed E-state index contributed by atoms with van der Waals surface area (Å²) in [4.78, 5) is 23.9. The highest BCUT2D eigenvalue weighted by Crippen LogP contribution is 2.37. The summed E-state index contributed by atoms with van der Waals surface area (Å²) in [6.45, 7) is 0.373. The molecular weight excluding hydrogens is 644 g/mol. The van der Waals surface area contributed by atoms with Gasteiger partial charge in [0.2, 0.25) is 6.54 Å². The van der Waals surface area contributed by atoms with E-state index in [-0.39, 0.29) is 40.0 Å². The van der Waals surface area contributed by atoms with E-state index < -0.39 is 17.4 Å². The number of rotatable bonds is 17. The van der Waals surface area contributed by atoms with E-state index in [1.807, 2.05) is 0 Å². The molecule has 0 aliphatic heterocycles. The summed E-state index contributed by atoms with van der Waals surface area (Å²) in [6.07, 6.45) is 1.96. The molecule has 3 rings (SSSR count). The van der Waals surface area contributed by atoms with Crippen LogP contribution in [0.25, 0.3) is 0 Å². The molecule has 230 valence electrons. The fourth-order valence-electron chi connectivity index (χ4n) is 4.04. The predicted molar refractivity (Wildman–Crippen MR) is 167 cm³/mol.